The summed E-state index contributed by atoms with van der Waals surface area (Å²) >= 11 is 3.50. The lowest BCUT2D eigenvalue weighted by atomic mass is 10.0. The van der Waals surface area contributed by atoms with E-state index in [2.05, 4.69) is 28.9 Å². The molecule has 15 heavy (non-hydrogen) atoms. The van der Waals surface area contributed by atoms with Crippen molar-refractivity contribution in [3.63, 3.8) is 0 Å². The van der Waals surface area contributed by atoms with Gasteiger partial charge < -0.3 is 10.2 Å². The zero-order valence-corrected chi connectivity index (χ0v) is 9.99. The number of rotatable bonds is 2. The minimum atomic E-state index is -0.124. The molecule has 0 saturated heterocycles. The number of nitrogens with two attached hydrogens (primary N) is 1. The van der Waals surface area contributed by atoms with E-state index in [-0.39, 0.29) is 6.04 Å². The molecule has 0 amide bonds. The van der Waals surface area contributed by atoms with Crippen LogP contribution in [0.2, 0.25) is 0 Å². The third-order valence-electron chi connectivity index (χ3n) is 2.46. The molecule has 1 aromatic carbocycles. The predicted octanol–water partition coefficient (Wildman–Crippen LogP) is 3.40. The molecule has 0 bridgehead atoms. The Labute approximate surface area is 97.2 Å². The van der Waals surface area contributed by atoms with Crippen molar-refractivity contribution < 1.29 is 4.42 Å². The van der Waals surface area contributed by atoms with Crippen LogP contribution in [-0.4, -0.2) is 0 Å². The Morgan fingerprint density at radius 1 is 1.27 bits per heavy atom. The van der Waals surface area contributed by atoms with E-state index in [0.717, 1.165) is 15.6 Å². The van der Waals surface area contributed by atoms with Crippen LogP contribution in [0.4, 0.5) is 0 Å². The quantitative estimate of drug-likeness (QED) is 0.904. The Kier molecular flexibility index (Phi) is 2.93. The molecule has 0 saturated carbocycles. The highest BCUT2D eigenvalue weighted by molar-refractivity contribution is 9.10. The number of hydrogen-bond donors (Lipinski definition) is 1. The largest absolute Gasteiger partial charge is 0.472 e. The van der Waals surface area contributed by atoms with Gasteiger partial charge in [-0.3, -0.25) is 0 Å². The first-order valence-corrected chi connectivity index (χ1v) is 5.51. The molecule has 3 heteroatoms. The van der Waals surface area contributed by atoms with Gasteiger partial charge >= 0.3 is 0 Å². The number of hydrogen-bond acceptors (Lipinski definition) is 2. The first-order chi connectivity index (χ1) is 7.18. The Morgan fingerprint density at radius 2 is 2.07 bits per heavy atom. The van der Waals surface area contributed by atoms with Crippen LogP contribution in [0, 0.1) is 6.92 Å². The molecule has 0 spiro atoms. The van der Waals surface area contributed by atoms with Crippen molar-refractivity contribution in [1.82, 2.24) is 0 Å². The van der Waals surface area contributed by atoms with E-state index in [4.69, 9.17) is 10.2 Å². The van der Waals surface area contributed by atoms with Crippen LogP contribution in [0.1, 0.15) is 22.7 Å². The van der Waals surface area contributed by atoms with Crippen molar-refractivity contribution in [3.05, 3.63) is 58.0 Å². The maximum Gasteiger partial charge on any atom is 0.0953 e. The van der Waals surface area contributed by atoms with Crippen LogP contribution in [0.15, 0.2) is 45.7 Å². The van der Waals surface area contributed by atoms with Crippen LogP contribution < -0.4 is 5.73 Å². The Bertz CT molecular complexity index is 451. The summed E-state index contributed by atoms with van der Waals surface area (Å²) in [6, 6.07) is 7.91. The highest BCUT2D eigenvalue weighted by atomic mass is 79.9. The molecule has 2 nitrogen and oxygen atoms in total. The summed E-state index contributed by atoms with van der Waals surface area (Å²) in [5.41, 5.74) is 9.37. The van der Waals surface area contributed by atoms with Crippen molar-refractivity contribution in [2.24, 2.45) is 5.73 Å². The molecule has 2 rings (SSSR count). The van der Waals surface area contributed by atoms with Gasteiger partial charge in [-0.25, -0.2) is 0 Å². The smallest absolute Gasteiger partial charge is 0.0953 e. The molecule has 1 heterocycles. The lowest BCUT2D eigenvalue weighted by Gasteiger charge is -2.11. The summed E-state index contributed by atoms with van der Waals surface area (Å²) in [6.45, 7) is 2.05. The van der Waals surface area contributed by atoms with Gasteiger partial charge in [0.25, 0.3) is 0 Å². The summed E-state index contributed by atoms with van der Waals surface area (Å²) in [5, 5.41) is 0. The monoisotopic (exact) mass is 265 g/mol. The maximum atomic E-state index is 6.10. The van der Waals surface area contributed by atoms with Gasteiger partial charge in [-0.1, -0.05) is 28.1 Å². The molecule has 2 N–H and O–H groups in total. The van der Waals surface area contributed by atoms with Crippen molar-refractivity contribution in [2.45, 2.75) is 13.0 Å². The van der Waals surface area contributed by atoms with Gasteiger partial charge in [-0.15, -0.1) is 0 Å². The minimum absolute atomic E-state index is 0.124. The second-order valence-corrected chi connectivity index (χ2v) is 4.40. The van der Waals surface area contributed by atoms with Gasteiger partial charge in [0.2, 0.25) is 0 Å². The van der Waals surface area contributed by atoms with Gasteiger partial charge in [-0.2, -0.15) is 0 Å². The third-order valence-corrected chi connectivity index (χ3v) is 3.31. The fourth-order valence-corrected chi connectivity index (χ4v) is 1.84. The second kappa shape index (κ2) is 4.21. The highest BCUT2D eigenvalue weighted by Gasteiger charge is 2.10. The average molecular weight is 266 g/mol. The fourth-order valence-electron chi connectivity index (χ4n) is 1.45. The lowest BCUT2D eigenvalue weighted by molar-refractivity contribution is 0.562. The van der Waals surface area contributed by atoms with Crippen LogP contribution in [0.5, 0.6) is 0 Å². The Hall–Kier alpha value is -1.06. The van der Waals surface area contributed by atoms with Gasteiger partial charge in [-0.05, 0) is 30.2 Å². The molecule has 78 valence electrons. The Morgan fingerprint density at radius 3 is 2.67 bits per heavy atom. The van der Waals surface area contributed by atoms with Crippen molar-refractivity contribution in [1.29, 1.82) is 0 Å². The SMILES string of the molecule is Cc1ccc(C(N)c2ccoc2)cc1Br. The predicted molar refractivity (Wildman–Crippen MR) is 63.6 cm³/mol. The second-order valence-electron chi connectivity index (χ2n) is 3.54. The van der Waals surface area contributed by atoms with Gasteiger partial charge in [0.15, 0.2) is 0 Å². The lowest BCUT2D eigenvalue weighted by Crippen LogP contribution is -2.10. The highest BCUT2D eigenvalue weighted by Crippen LogP contribution is 2.24. The Balaban J connectivity index is 2.34. The van der Waals surface area contributed by atoms with Crippen LogP contribution >= 0.6 is 15.9 Å². The topological polar surface area (TPSA) is 39.2 Å². The van der Waals surface area contributed by atoms with E-state index in [0.29, 0.717) is 0 Å². The molecule has 2 aromatic rings. The summed E-state index contributed by atoms with van der Waals surface area (Å²) in [6.07, 6.45) is 3.32. The third kappa shape index (κ3) is 2.13. The van der Waals surface area contributed by atoms with E-state index in [9.17, 15) is 0 Å². The first-order valence-electron chi connectivity index (χ1n) is 4.72. The first kappa shape index (κ1) is 10.5. The summed E-state index contributed by atoms with van der Waals surface area (Å²) < 4.78 is 6.10. The molecule has 0 aliphatic carbocycles. The number of aryl methyl sites for hydroxylation is 1. The van der Waals surface area contributed by atoms with Gasteiger partial charge in [0.1, 0.15) is 0 Å². The van der Waals surface area contributed by atoms with Gasteiger partial charge in [0, 0.05) is 10.0 Å². The van der Waals surface area contributed by atoms with Crippen LogP contribution in [-0.2, 0) is 0 Å². The van der Waals surface area contributed by atoms with Crippen molar-refractivity contribution in [3.8, 4) is 0 Å². The van der Waals surface area contributed by atoms with Crippen LogP contribution in [0.25, 0.3) is 0 Å². The van der Waals surface area contributed by atoms with E-state index < -0.39 is 0 Å². The molecular formula is C12H12BrNO. The van der Waals surface area contributed by atoms with E-state index >= 15 is 0 Å². The molecule has 1 aromatic heterocycles. The summed E-state index contributed by atoms with van der Waals surface area (Å²) in [7, 11) is 0. The van der Waals surface area contributed by atoms with Crippen LogP contribution in [0.3, 0.4) is 0 Å². The summed E-state index contributed by atoms with van der Waals surface area (Å²) in [5.74, 6) is 0. The van der Waals surface area contributed by atoms with E-state index in [1.807, 2.05) is 18.2 Å². The zero-order valence-electron chi connectivity index (χ0n) is 8.41. The van der Waals surface area contributed by atoms with E-state index in [1.54, 1.807) is 12.5 Å². The number of benzene rings is 1. The average Bonchev–Trinajstić information content (AvgIpc) is 2.74. The normalized spacial score (nSPS) is 12.7. The molecule has 0 radical (unpaired) electrons. The molecule has 1 atom stereocenters. The van der Waals surface area contributed by atoms with E-state index in [1.165, 1.54) is 5.56 Å². The standard InChI is InChI=1S/C12H12BrNO/c1-8-2-3-9(6-11(8)13)12(14)10-4-5-15-7-10/h2-7,12H,14H2,1H3. The fraction of sp³-hybridized carbons (Fsp3) is 0.167. The molecule has 1 unspecified atom stereocenters. The molecule has 0 aliphatic rings. The molecule has 0 fully saturated rings. The molecule has 0 aliphatic heterocycles. The number of furan rings is 1. The minimum Gasteiger partial charge on any atom is -0.472 e. The van der Waals surface area contributed by atoms with Crippen molar-refractivity contribution in [2.75, 3.05) is 0 Å². The zero-order chi connectivity index (χ0) is 10.8. The van der Waals surface area contributed by atoms with Gasteiger partial charge in [0.05, 0.1) is 18.6 Å². The maximum absolute atomic E-state index is 6.10. The molecular weight excluding hydrogens is 254 g/mol. The number of halogens is 1. The summed E-state index contributed by atoms with van der Waals surface area (Å²) in [4.78, 5) is 0. The van der Waals surface area contributed by atoms with Crippen molar-refractivity contribution >= 4 is 15.9 Å².